The van der Waals surface area contributed by atoms with Crippen molar-refractivity contribution in [1.29, 1.82) is 0 Å². The second-order valence-corrected chi connectivity index (χ2v) is 8.35. The molecule has 1 atom stereocenters. The summed E-state index contributed by atoms with van der Waals surface area (Å²) in [6, 6.07) is 7.23. The zero-order valence-corrected chi connectivity index (χ0v) is 15.5. The first-order valence-electron chi connectivity index (χ1n) is 8.15. The quantitative estimate of drug-likeness (QED) is 0.740. The van der Waals surface area contributed by atoms with Crippen LogP contribution in [-0.4, -0.2) is 46.5 Å². The van der Waals surface area contributed by atoms with E-state index in [9.17, 15) is 19.5 Å². The number of carboxylic acid groups (broad SMARTS) is 1. The van der Waals surface area contributed by atoms with Gasteiger partial charge in [0.2, 0.25) is 5.91 Å². The van der Waals surface area contributed by atoms with Gasteiger partial charge < -0.3 is 15.7 Å². The summed E-state index contributed by atoms with van der Waals surface area (Å²) >= 11 is 1.49. The second-order valence-electron chi connectivity index (χ2n) is 7.25. The Morgan fingerprint density at radius 2 is 1.84 bits per heavy atom. The number of carboxylic acids is 1. The Kier molecular flexibility index (Phi) is 5.77. The van der Waals surface area contributed by atoms with Crippen LogP contribution in [0.5, 0.6) is 0 Å². The van der Waals surface area contributed by atoms with Crippen molar-refractivity contribution < 1.29 is 19.5 Å². The lowest BCUT2D eigenvalue weighted by Crippen LogP contribution is -2.56. The van der Waals surface area contributed by atoms with Crippen molar-refractivity contribution in [3.05, 3.63) is 35.4 Å². The highest BCUT2D eigenvalue weighted by molar-refractivity contribution is 7.99. The minimum atomic E-state index is -1.22. The third kappa shape index (κ3) is 4.75. The van der Waals surface area contributed by atoms with Gasteiger partial charge in [0, 0.05) is 11.3 Å². The zero-order valence-electron chi connectivity index (χ0n) is 14.7. The molecule has 1 aromatic carbocycles. The number of benzene rings is 1. The fraction of sp³-hybridized carbons (Fsp3) is 0.500. The van der Waals surface area contributed by atoms with Crippen molar-refractivity contribution in [2.24, 2.45) is 0 Å². The Balaban J connectivity index is 1.91. The number of hydrogen-bond donors (Lipinski definition) is 3. The van der Waals surface area contributed by atoms with Crippen LogP contribution in [-0.2, 0) is 15.0 Å². The highest BCUT2D eigenvalue weighted by atomic mass is 32.2. The summed E-state index contributed by atoms with van der Waals surface area (Å²) in [5, 5.41) is 14.4. The average Bonchev–Trinajstić information content (AvgIpc) is 3.02. The Bertz CT molecular complexity index is 659. The van der Waals surface area contributed by atoms with Gasteiger partial charge in [-0.2, -0.15) is 11.8 Å². The Labute approximate surface area is 151 Å². The van der Waals surface area contributed by atoms with Crippen LogP contribution in [0.4, 0.5) is 0 Å². The number of thioether (sulfide) groups is 1. The maximum Gasteiger partial charge on any atom is 0.330 e. The van der Waals surface area contributed by atoms with Crippen molar-refractivity contribution in [3.8, 4) is 0 Å². The molecule has 2 amide bonds. The molecule has 0 saturated carbocycles. The van der Waals surface area contributed by atoms with Crippen LogP contribution in [0.1, 0.15) is 43.1 Å². The molecule has 0 bridgehead atoms. The summed E-state index contributed by atoms with van der Waals surface area (Å²) in [5.41, 5.74) is 0.356. The predicted octanol–water partition coefficient (Wildman–Crippen LogP) is 1.79. The molecule has 0 spiro atoms. The lowest BCUT2D eigenvalue weighted by atomic mass is 9.87. The summed E-state index contributed by atoms with van der Waals surface area (Å²) in [6.07, 6.45) is 0.390. The first kappa shape index (κ1) is 19.3. The number of rotatable bonds is 5. The fourth-order valence-electron chi connectivity index (χ4n) is 2.58. The van der Waals surface area contributed by atoms with E-state index in [1.807, 2.05) is 12.1 Å². The molecule has 1 unspecified atom stereocenters. The monoisotopic (exact) mass is 364 g/mol. The van der Waals surface area contributed by atoms with E-state index in [-0.39, 0.29) is 17.9 Å². The van der Waals surface area contributed by atoms with E-state index in [1.54, 1.807) is 12.1 Å². The summed E-state index contributed by atoms with van der Waals surface area (Å²) in [4.78, 5) is 35.6. The fourth-order valence-corrected chi connectivity index (χ4v) is 3.91. The van der Waals surface area contributed by atoms with E-state index in [1.165, 1.54) is 11.8 Å². The van der Waals surface area contributed by atoms with Crippen LogP contribution in [0.25, 0.3) is 0 Å². The number of carbonyl (C=O) groups excluding carboxylic acids is 2. The minimum absolute atomic E-state index is 0.000658. The molecule has 1 heterocycles. The third-order valence-electron chi connectivity index (χ3n) is 4.23. The Morgan fingerprint density at radius 3 is 2.32 bits per heavy atom. The summed E-state index contributed by atoms with van der Waals surface area (Å²) < 4.78 is 0. The number of aliphatic carboxylic acids is 1. The zero-order chi connectivity index (χ0) is 18.7. The van der Waals surface area contributed by atoms with Gasteiger partial charge in [-0.1, -0.05) is 32.9 Å². The molecule has 0 aromatic heterocycles. The van der Waals surface area contributed by atoms with Crippen LogP contribution < -0.4 is 10.6 Å². The molecule has 0 radical (unpaired) electrons. The maximum atomic E-state index is 12.1. The van der Waals surface area contributed by atoms with E-state index in [2.05, 4.69) is 31.4 Å². The number of amides is 2. The average molecular weight is 364 g/mol. The topological polar surface area (TPSA) is 95.5 Å². The molecule has 1 fully saturated rings. The number of hydrogen-bond acceptors (Lipinski definition) is 4. The smallest absolute Gasteiger partial charge is 0.330 e. The van der Waals surface area contributed by atoms with E-state index >= 15 is 0 Å². The molecule has 1 saturated heterocycles. The minimum Gasteiger partial charge on any atom is -0.479 e. The van der Waals surface area contributed by atoms with E-state index in [0.717, 1.165) is 5.56 Å². The number of nitrogens with one attached hydrogen (secondary N) is 2. The van der Waals surface area contributed by atoms with Gasteiger partial charge in [0.05, 0.1) is 6.54 Å². The summed E-state index contributed by atoms with van der Waals surface area (Å²) in [5.74, 6) is -0.852. The molecule has 7 heteroatoms. The van der Waals surface area contributed by atoms with Gasteiger partial charge in [0.1, 0.15) is 5.54 Å². The van der Waals surface area contributed by atoms with Crippen molar-refractivity contribution in [2.45, 2.75) is 38.1 Å². The predicted molar refractivity (Wildman–Crippen MR) is 97.9 cm³/mol. The van der Waals surface area contributed by atoms with Crippen LogP contribution in [0.15, 0.2) is 24.3 Å². The van der Waals surface area contributed by atoms with Crippen LogP contribution in [0.2, 0.25) is 0 Å². The molecule has 1 aliphatic heterocycles. The molecule has 1 aliphatic rings. The highest BCUT2D eigenvalue weighted by Crippen LogP contribution is 2.28. The first-order valence-corrected chi connectivity index (χ1v) is 9.30. The van der Waals surface area contributed by atoms with E-state index in [0.29, 0.717) is 23.5 Å². The van der Waals surface area contributed by atoms with E-state index in [4.69, 9.17) is 0 Å². The SMILES string of the molecule is CC(C)(C)c1ccc(C(=O)NCC(=O)NC2(C(=O)O)CCSC2)cc1. The van der Waals surface area contributed by atoms with Gasteiger partial charge >= 0.3 is 5.97 Å². The van der Waals surface area contributed by atoms with Crippen molar-refractivity contribution >= 4 is 29.5 Å². The van der Waals surface area contributed by atoms with Crippen LogP contribution in [0, 0.1) is 0 Å². The Morgan fingerprint density at radius 1 is 1.20 bits per heavy atom. The van der Waals surface area contributed by atoms with Gasteiger partial charge in [-0.3, -0.25) is 9.59 Å². The van der Waals surface area contributed by atoms with Gasteiger partial charge in [-0.05, 0) is 35.3 Å². The first-order chi connectivity index (χ1) is 11.6. The molecular formula is C18H24N2O4S. The molecule has 25 heavy (non-hydrogen) atoms. The molecule has 1 aromatic rings. The lowest BCUT2D eigenvalue weighted by molar-refractivity contribution is -0.146. The largest absolute Gasteiger partial charge is 0.479 e. The van der Waals surface area contributed by atoms with Crippen molar-refractivity contribution in [2.75, 3.05) is 18.1 Å². The van der Waals surface area contributed by atoms with Crippen molar-refractivity contribution in [3.63, 3.8) is 0 Å². The third-order valence-corrected chi connectivity index (χ3v) is 5.42. The maximum absolute atomic E-state index is 12.1. The molecule has 6 nitrogen and oxygen atoms in total. The van der Waals surface area contributed by atoms with Gasteiger partial charge in [0.25, 0.3) is 5.91 Å². The van der Waals surface area contributed by atoms with Crippen LogP contribution >= 0.6 is 11.8 Å². The van der Waals surface area contributed by atoms with Crippen LogP contribution in [0.3, 0.4) is 0 Å². The van der Waals surface area contributed by atoms with Gasteiger partial charge in [-0.25, -0.2) is 4.79 Å². The molecule has 0 aliphatic carbocycles. The van der Waals surface area contributed by atoms with E-state index < -0.39 is 17.4 Å². The second kappa shape index (κ2) is 7.47. The lowest BCUT2D eigenvalue weighted by Gasteiger charge is -2.24. The molecule has 2 rings (SSSR count). The summed E-state index contributed by atoms with van der Waals surface area (Å²) in [6.45, 7) is 6.02. The van der Waals surface area contributed by atoms with Gasteiger partial charge in [-0.15, -0.1) is 0 Å². The summed E-state index contributed by atoms with van der Waals surface area (Å²) in [7, 11) is 0. The number of carbonyl (C=O) groups is 3. The Hall–Kier alpha value is -2.02. The highest BCUT2D eigenvalue weighted by Gasteiger charge is 2.43. The van der Waals surface area contributed by atoms with Gasteiger partial charge in [0.15, 0.2) is 0 Å². The molecule has 3 N–H and O–H groups in total. The standard InChI is InChI=1S/C18H24N2O4S/c1-17(2,3)13-6-4-12(5-7-13)15(22)19-10-14(21)20-18(16(23)24)8-9-25-11-18/h4-7H,8-11H2,1-3H3,(H,19,22)(H,20,21)(H,23,24). The molecular weight excluding hydrogens is 340 g/mol. The molecule has 136 valence electrons. The normalized spacial score (nSPS) is 20.1. The van der Waals surface area contributed by atoms with Crippen molar-refractivity contribution in [1.82, 2.24) is 10.6 Å².